The molecule has 1 fully saturated rings. The summed E-state index contributed by atoms with van der Waals surface area (Å²) >= 11 is 3.26. The number of methoxy groups -OCH3 is 1. The predicted octanol–water partition coefficient (Wildman–Crippen LogP) is 1.90. The van der Waals surface area contributed by atoms with E-state index < -0.39 is 10.0 Å². The summed E-state index contributed by atoms with van der Waals surface area (Å²) in [5.74, 6) is 0.313. The van der Waals surface area contributed by atoms with Gasteiger partial charge in [0.2, 0.25) is 10.0 Å². The monoisotopic (exact) mass is 363 g/mol. The van der Waals surface area contributed by atoms with Crippen molar-refractivity contribution in [2.24, 2.45) is 5.41 Å². The Kier molecular flexibility index (Phi) is 4.73. The van der Waals surface area contributed by atoms with E-state index >= 15 is 0 Å². The Labute approximate surface area is 127 Å². The standard InChI is InChI=1S/C13H18BrNO4S/c1-19-11-3-2-10(14)8-12(11)20(17,18)15-9-13(4-5-13)6-7-16/h2-3,8,15-16H,4-7,9H2,1H3. The Morgan fingerprint density at radius 1 is 1.45 bits per heavy atom. The summed E-state index contributed by atoms with van der Waals surface area (Å²) in [5.41, 5.74) is -0.0684. The first-order valence-corrected chi connectivity index (χ1v) is 8.64. The number of sulfonamides is 1. The molecule has 1 aromatic rings. The molecule has 0 aliphatic heterocycles. The molecule has 1 aliphatic rings. The molecular formula is C13H18BrNO4S. The molecule has 1 aromatic carbocycles. The summed E-state index contributed by atoms with van der Waals surface area (Å²) in [4.78, 5) is 0.120. The van der Waals surface area contributed by atoms with Gasteiger partial charge in [-0.05, 0) is 42.9 Å². The molecule has 0 amide bonds. The van der Waals surface area contributed by atoms with Crippen molar-refractivity contribution in [1.82, 2.24) is 4.72 Å². The van der Waals surface area contributed by atoms with Crippen LogP contribution in [0.15, 0.2) is 27.6 Å². The molecule has 0 bridgehead atoms. The molecule has 20 heavy (non-hydrogen) atoms. The van der Waals surface area contributed by atoms with Crippen molar-refractivity contribution < 1.29 is 18.3 Å². The van der Waals surface area contributed by atoms with Crippen LogP contribution in [0, 0.1) is 5.41 Å². The van der Waals surface area contributed by atoms with Crippen molar-refractivity contribution in [1.29, 1.82) is 0 Å². The number of hydrogen-bond donors (Lipinski definition) is 2. The molecule has 0 atom stereocenters. The third-order valence-electron chi connectivity index (χ3n) is 3.65. The maximum Gasteiger partial charge on any atom is 0.244 e. The van der Waals surface area contributed by atoms with Crippen LogP contribution in [0.1, 0.15) is 19.3 Å². The predicted molar refractivity (Wildman–Crippen MR) is 79.3 cm³/mol. The van der Waals surface area contributed by atoms with Crippen LogP contribution in [0.2, 0.25) is 0 Å². The summed E-state index contributed by atoms with van der Waals surface area (Å²) < 4.78 is 33.1. The lowest BCUT2D eigenvalue weighted by atomic mass is 10.0. The van der Waals surface area contributed by atoms with E-state index in [2.05, 4.69) is 20.7 Å². The zero-order valence-electron chi connectivity index (χ0n) is 11.2. The summed E-state index contributed by atoms with van der Waals surface area (Å²) in [7, 11) is -2.18. The van der Waals surface area contributed by atoms with E-state index in [4.69, 9.17) is 9.84 Å². The van der Waals surface area contributed by atoms with Crippen LogP contribution in [-0.4, -0.2) is 33.8 Å². The van der Waals surface area contributed by atoms with Gasteiger partial charge < -0.3 is 9.84 Å². The summed E-state index contributed by atoms with van der Waals surface area (Å²) in [6.45, 7) is 0.438. The average molecular weight is 364 g/mol. The van der Waals surface area contributed by atoms with Crippen molar-refractivity contribution in [3.63, 3.8) is 0 Å². The van der Waals surface area contributed by atoms with Gasteiger partial charge >= 0.3 is 0 Å². The van der Waals surface area contributed by atoms with Crippen LogP contribution >= 0.6 is 15.9 Å². The maximum absolute atomic E-state index is 12.4. The lowest BCUT2D eigenvalue weighted by Crippen LogP contribution is -2.31. The molecule has 1 saturated carbocycles. The summed E-state index contributed by atoms with van der Waals surface area (Å²) in [6, 6.07) is 4.86. The molecule has 112 valence electrons. The normalized spacial score (nSPS) is 16.9. The average Bonchev–Trinajstić information content (AvgIpc) is 3.17. The molecule has 2 rings (SSSR count). The number of rotatable bonds is 7. The van der Waals surface area contributed by atoms with Crippen LogP contribution in [0.25, 0.3) is 0 Å². The van der Waals surface area contributed by atoms with Gasteiger partial charge in [0.25, 0.3) is 0 Å². The van der Waals surface area contributed by atoms with Gasteiger partial charge in [-0.3, -0.25) is 0 Å². The Balaban J connectivity index is 2.16. The number of halogens is 1. The second-order valence-corrected chi connectivity index (χ2v) is 7.74. The highest BCUT2D eigenvalue weighted by Gasteiger charge is 2.42. The number of benzene rings is 1. The third-order valence-corrected chi connectivity index (χ3v) is 5.57. The van der Waals surface area contributed by atoms with E-state index in [0.717, 1.165) is 12.8 Å². The maximum atomic E-state index is 12.4. The van der Waals surface area contributed by atoms with Gasteiger partial charge in [0.1, 0.15) is 10.6 Å². The number of nitrogens with one attached hydrogen (secondary N) is 1. The molecule has 0 saturated heterocycles. The zero-order valence-corrected chi connectivity index (χ0v) is 13.6. The number of aliphatic hydroxyl groups excluding tert-OH is 1. The highest BCUT2D eigenvalue weighted by atomic mass is 79.9. The van der Waals surface area contributed by atoms with Gasteiger partial charge in [-0.1, -0.05) is 15.9 Å². The second-order valence-electron chi connectivity index (χ2n) is 5.09. The van der Waals surface area contributed by atoms with E-state index in [1.54, 1.807) is 12.1 Å². The molecule has 5 nitrogen and oxygen atoms in total. The first-order valence-electron chi connectivity index (χ1n) is 6.36. The fraction of sp³-hybridized carbons (Fsp3) is 0.538. The Hall–Kier alpha value is -0.630. The Bertz CT molecular complexity index is 584. The van der Waals surface area contributed by atoms with E-state index in [1.807, 2.05) is 0 Å². The number of ether oxygens (including phenoxy) is 1. The smallest absolute Gasteiger partial charge is 0.244 e. The van der Waals surface area contributed by atoms with Crippen LogP contribution in [0.4, 0.5) is 0 Å². The summed E-state index contributed by atoms with van der Waals surface area (Å²) in [5, 5.41) is 9.00. The molecule has 1 aliphatic carbocycles. The first-order chi connectivity index (χ1) is 9.42. The van der Waals surface area contributed by atoms with E-state index in [9.17, 15) is 8.42 Å². The molecule has 0 aromatic heterocycles. The molecule has 2 N–H and O–H groups in total. The minimum Gasteiger partial charge on any atom is -0.495 e. The van der Waals surface area contributed by atoms with Crippen molar-refractivity contribution >= 4 is 26.0 Å². The van der Waals surface area contributed by atoms with Gasteiger partial charge in [-0.15, -0.1) is 0 Å². The van der Waals surface area contributed by atoms with Crippen LogP contribution < -0.4 is 9.46 Å². The van der Waals surface area contributed by atoms with Crippen molar-refractivity contribution in [3.05, 3.63) is 22.7 Å². The molecule has 0 radical (unpaired) electrons. The van der Waals surface area contributed by atoms with E-state index in [1.165, 1.54) is 13.2 Å². The van der Waals surface area contributed by atoms with Gasteiger partial charge in [0, 0.05) is 17.6 Å². The van der Waals surface area contributed by atoms with Crippen molar-refractivity contribution in [2.45, 2.75) is 24.2 Å². The van der Waals surface area contributed by atoms with Gasteiger partial charge in [-0.25, -0.2) is 13.1 Å². The summed E-state index contributed by atoms with van der Waals surface area (Å²) in [6.07, 6.45) is 2.53. The van der Waals surface area contributed by atoms with Gasteiger partial charge in [0.05, 0.1) is 7.11 Å². The highest BCUT2D eigenvalue weighted by Crippen LogP contribution is 2.48. The first kappa shape index (κ1) is 15.8. The van der Waals surface area contributed by atoms with Crippen molar-refractivity contribution in [2.75, 3.05) is 20.3 Å². The van der Waals surface area contributed by atoms with Gasteiger partial charge in [0.15, 0.2) is 0 Å². The lowest BCUT2D eigenvalue weighted by Gasteiger charge is -2.16. The number of aliphatic hydroxyl groups is 1. The zero-order chi connectivity index (χ0) is 14.8. The number of hydrogen-bond acceptors (Lipinski definition) is 4. The topological polar surface area (TPSA) is 75.6 Å². The fourth-order valence-corrected chi connectivity index (χ4v) is 3.98. The van der Waals surface area contributed by atoms with Gasteiger partial charge in [-0.2, -0.15) is 0 Å². The van der Waals surface area contributed by atoms with Crippen molar-refractivity contribution in [3.8, 4) is 5.75 Å². The Morgan fingerprint density at radius 2 is 2.15 bits per heavy atom. The second kappa shape index (κ2) is 6.01. The fourth-order valence-electron chi connectivity index (χ4n) is 2.12. The molecule has 7 heteroatoms. The van der Waals surface area contributed by atoms with E-state index in [0.29, 0.717) is 23.2 Å². The molecular weight excluding hydrogens is 346 g/mol. The lowest BCUT2D eigenvalue weighted by molar-refractivity contribution is 0.249. The minimum absolute atomic E-state index is 0.0684. The van der Waals surface area contributed by atoms with Crippen LogP contribution in [-0.2, 0) is 10.0 Å². The highest BCUT2D eigenvalue weighted by molar-refractivity contribution is 9.10. The quantitative estimate of drug-likeness (QED) is 0.775. The molecule has 0 spiro atoms. The largest absolute Gasteiger partial charge is 0.495 e. The van der Waals surface area contributed by atoms with Crippen LogP contribution in [0.5, 0.6) is 5.75 Å². The Morgan fingerprint density at radius 3 is 2.70 bits per heavy atom. The molecule has 0 heterocycles. The minimum atomic E-state index is -3.62. The van der Waals surface area contributed by atoms with E-state index in [-0.39, 0.29) is 16.9 Å². The molecule has 0 unspecified atom stereocenters. The third kappa shape index (κ3) is 3.52. The SMILES string of the molecule is COc1ccc(Br)cc1S(=O)(=O)NCC1(CCO)CC1. The van der Waals surface area contributed by atoms with Crippen LogP contribution in [0.3, 0.4) is 0 Å².